The molecule has 0 fully saturated rings. The average molecular weight is 265 g/mol. The van der Waals surface area contributed by atoms with Gasteiger partial charge in [-0.15, -0.1) is 0 Å². The summed E-state index contributed by atoms with van der Waals surface area (Å²) in [6.45, 7) is 2.09. The predicted octanol–water partition coefficient (Wildman–Crippen LogP) is 3.95. The Kier molecular flexibility index (Phi) is 3.25. The fraction of sp³-hybridized carbons (Fsp3) is 0.118. The molecular weight excluding hydrogens is 250 g/mol. The topological polar surface area (TPSA) is 42.1 Å². The first-order chi connectivity index (χ1) is 9.72. The summed E-state index contributed by atoms with van der Waals surface area (Å²) < 4.78 is 5.77. The van der Waals surface area contributed by atoms with Gasteiger partial charge in [-0.05, 0) is 29.8 Å². The Balaban J connectivity index is 1.80. The summed E-state index contributed by atoms with van der Waals surface area (Å²) >= 11 is 0. The summed E-state index contributed by atoms with van der Waals surface area (Å²) in [7, 11) is 0. The lowest BCUT2D eigenvalue weighted by atomic mass is 10.2. The van der Waals surface area contributed by atoms with Crippen LogP contribution in [0.2, 0.25) is 0 Å². The molecule has 1 N–H and O–H groups in total. The number of nitrogens with one attached hydrogen (secondary N) is 1. The maximum Gasteiger partial charge on any atom is 0.175 e. The van der Waals surface area contributed by atoms with Crippen molar-refractivity contribution in [3.05, 3.63) is 65.9 Å². The SMILES string of the molecule is CC(=O)c1cc2cc(OCc3ccccc3)ccc2[nH]1. The van der Waals surface area contributed by atoms with Crippen LogP contribution in [-0.2, 0) is 6.61 Å². The van der Waals surface area contributed by atoms with Crippen LogP contribution in [0, 0.1) is 0 Å². The Morgan fingerprint density at radius 1 is 1.10 bits per heavy atom. The van der Waals surface area contributed by atoms with Crippen molar-refractivity contribution in [1.29, 1.82) is 0 Å². The molecule has 1 aromatic heterocycles. The van der Waals surface area contributed by atoms with E-state index in [1.54, 1.807) is 6.92 Å². The molecule has 3 aromatic rings. The number of benzene rings is 2. The summed E-state index contributed by atoms with van der Waals surface area (Å²) in [4.78, 5) is 14.4. The van der Waals surface area contributed by atoms with Gasteiger partial charge >= 0.3 is 0 Å². The minimum absolute atomic E-state index is 0.0351. The van der Waals surface area contributed by atoms with Gasteiger partial charge in [0.05, 0.1) is 5.69 Å². The van der Waals surface area contributed by atoms with Gasteiger partial charge in [0.15, 0.2) is 5.78 Å². The zero-order valence-electron chi connectivity index (χ0n) is 11.2. The summed E-state index contributed by atoms with van der Waals surface area (Å²) in [5.74, 6) is 0.836. The van der Waals surface area contributed by atoms with Crippen LogP contribution in [-0.4, -0.2) is 10.8 Å². The molecule has 0 aliphatic rings. The van der Waals surface area contributed by atoms with Crippen LogP contribution in [0.5, 0.6) is 5.75 Å². The smallest absolute Gasteiger partial charge is 0.175 e. The normalized spacial score (nSPS) is 10.7. The lowest BCUT2D eigenvalue weighted by Crippen LogP contribution is -1.94. The second-order valence-corrected chi connectivity index (χ2v) is 4.76. The first kappa shape index (κ1) is 12.5. The molecule has 3 heteroatoms. The Morgan fingerprint density at radius 2 is 1.90 bits per heavy atom. The van der Waals surface area contributed by atoms with E-state index < -0.39 is 0 Å². The van der Waals surface area contributed by atoms with Gasteiger partial charge in [-0.1, -0.05) is 30.3 Å². The van der Waals surface area contributed by atoms with Gasteiger partial charge in [0.2, 0.25) is 0 Å². The van der Waals surface area contributed by atoms with Gasteiger partial charge in [-0.25, -0.2) is 0 Å². The van der Waals surface area contributed by atoms with Crippen molar-refractivity contribution in [2.45, 2.75) is 13.5 Å². The Labute approximate surface area is 117 Å². The first-order valence-corrected chi connectivity index (χ1v) is 6.53. The molecule has 0 saturated carbocycles. The maximum absolute atomic E-state index is 11.3. The van der Waals surface area contributed by atoms with Crippen LogP contribution in [0.4, 0.5) is 0 Å². The van der Waals surface area contributed by atoms with E-state index in [2.05, 4.69) is 4.98 Å². The van der Waals surface area contributed by atoms with E-state index in [-0.39, 0.29) is 5.78 Å². The zero-order valence-corrected chi connectivity index (χ0v) is 11.2. The lowest BCUT2D eigenvalue weighted by molar-refractivity contribution is 0.101. The van der Waals surface area contributed by atoms with Crippen LogP contribution >= 0.6 is 0 Å². The molecule has 0 aliphatic heterocycles. The average Bonchev–Trinajstić information content (AvgIpc) is 2.89. The number of ether oxygens (including phenoxy) is 1. The van der Waals surface area contributed by atoms with Crippen molar-refractivity contribution >= 4 is 16.7 Å². The number of hydrogen-bond donors (Lipinski definition) is 1. The molecule has 0 amide bonds. The first-order valence-electron chi connectivity index (χ1n) is 6.53. The number of carbonyl (C=O) groups excluding carboxylic acids is 1. The van der Waals surface area contributed by atoms with Crippen molar-refractivity contribution in [1.82, 2.24) is 4.98 Å². The Morgan fingerprint density at radius 3 is 2.65 bits per heavy atom. The third-order valence-corrected chi connectivity index (χ3v) is 3.22. The molecule has 100 valence electrons. The van der Waals surface area contributed by atoms with Crippen molar-refractivity contribution in [2.75, 3.05) is 0 Å². The third-order valence-electron chi connectivity index (χ3n) is 3.22. The number of H-pyrrole nitrogens is 1. The molecular formula is C17H15NO2. The van der Waals surface area contributed by atoms with Gasteiger partial charge in [0.25, 0.3) is 0 Å². The summed E-state index contributed by atoms with van der Waals surface area (Å²) in [6, 6.07) is 17.7. The third kappa shape index (κ3) is 2.57. The number of aromatic amines is 1. The number of hydrogen-bond acceptors (Lipinski definition) is 2. The van der Waals surface area contributed by atoms with Crippen LogP contribution in [0.3, 0.4) is 0 Å². The molecule has 0 aliphatic carbocycles. The second-order valence-electron chi connectivity index (χ2n) is 4.76. The highest BCUT2D eigenvalue weighted by Gasteiger charge is 2.05. The van der Waals surface area contributed by atoms with Crippen molar-refractivity contribution in [3.8, 4) is 5.75 Å². The van der Waals surface area contributed by atoms with E-state index in [4.69, 9.17) is 4.74 Å². The van der Waals surface area contributed by atoms with Gasteiger partial charge in [0, 0.05) is 17.8 Å². The Hall–Kier alpha value is -2.55. The standard InChI is InChI=1S/C17H15NO2/c1-12(19)17-10-14-9-15(7-8-16(14)18-17)20-11-13-5-3-2-4-6-13/h2-10,18H,11H2,1H3. The van der Waals surface area contributed by atoms with E-state index in [1.807, 2.05) is 54.6 Å². The van der Waals surface area contributed by atoms with Crippen LogP contribution in [0.15, 0.2) is 54.6 Å². The number of Topliss-reactive ketones (excluding diaryl/α,β-unsaturated/α-hetero) is 1. The molecule has 0 bridgehead atoms. The molecule has 2 aromatic carbocycles. The van der Waals surface area contributed by atoms with Gasteiger partial charge in [-0.3, -0.25) is 4.79 Å². The van der Waals surface area contributed by atoms with Crippen molar-refractivity contribution in [3.63, 3.8) is 0 Å². The molecule has 0 radical (unpaired) electrons. The predicted molar refractivity (Wildman–Crippen MR) is 79.1 cm³/mol. The monoisotopic (exact) mass is 265 g/mol. The highest BCUT2D eigenvalue weighted by atomic mass is 16.5. The number of aromatic nitrogens is 1. The highest BCUT2D eigenvalue weighted by molar-refractivity contribution is 5.98. The van der Waals surface area contributed by atoms with E-state index in [1.165, 1.54) is 0 Å². The van der Waals surface area contributed by atoms with E-state index >= 15 is 0 Å². The molecule has 20 heavy (non-hydrogen) atoms. The van der Waals surface area contributed by atoms with Crippen LogP contribution < -0.4 is 4.74 Å². The minimum atomic E-state index is 0.0351. The molecule has 3 rings (SSSR count). The molecule has 0 spiro atoms. The fourth-order valence-electron chi connectivity index (χ4n) is 2.13. The van der Waals surface area contributed by atoms with Crippen LogP contribution in [0.25, 0.3) is 10.9 Å². The molecule has 0 atom stereocenters. The number of fused-ring (bicyclic) bond motifs is 1. The lowest BCUT2D eigenvalue weighted by Gasteiger charge is -2.06. The van der Waals surface area contributed by atoms with E-state index in [0.29, 0.717) is 12.3 Å². The molecule has 1 heterocycles. The zero-order chi connectivity index (χ0) is 13.9. The van der Waals surface area contributed by atoms with Crippen molar-refractivity contribution < 1.29 is 9.53 Å². The molecule has 0 saturated heterocycles. The van der Waals surface area contributed by atoms with E-state index in [0.717, 1.165) is 22.2 Å². The van der Waals surface area contributed by atoms with E-state index in [9.17, 15) is 4.79 Å². The molecule has 3 nitrogen and oxygen atoms in total. The highest BCUT2D eigenvalue weighted by Crippen LogP contribution is 2.22. The fourth-order valence-corrected chi connectivity index (χ4v) is 2.13. The second kappa shape index (κ2) is 5.21. The van der Waals surface area contributed by atoms with Gasteiger partial charge in [-0.2, -0.15) is 0 Å². The summed E-state index contributed by atoms with van der Waals surface area (Å²) in [5, 5.41) is 0.987. The van der Waals surface area contributed by atoms with Crippen molar-refractivity contribution in [2.24, 2.45) is 0 Å². The largest absolute Gasteiger partial charge is 0.489 e. The minimum Gasteiger partial charge on any atom is -0.489 e. The maximum atomic E-state index is 11.3. The Bertz CT molecular complexity index is 744. The van der Waals surface area contributed by atoms with Gasteiger partial charge < -0.3 is 9.72 Å². The molecule has 0 unspecified atom stereocenters. The van der Waals surface area contributed by atoms with Gasteiger partial charge in [0.1, 0.15) is 12.4 Å². The number of carbonyl (C=O) groups is 1. The number of rotatable bonds is 4. The summed E-state index contributed by atoms with van der Waals surface area (Å²) in [6.07, 6.45) is 0. The van der Waals surface area contributed by atoms with Crippen LogP contribution in [0.1, 0.15) is 23.0 Å². The summed E-state index contributed by atoms with van der Waals surface area (Å²) in [5.41, 5.74) is 2.70. The quantitative estimate of drug-likeness (QED) is 0.726. The number of ketones is 1.